The van der Waals surface area contributed by atoms with E-state index < -0.39 is 40.9 Å². The van der Waals surface area contributed by atoms with Gasteiger partial charge in [-0.05, 0) is 17.7 Å². The minimum atomic E-state index is -4.49. The number of rotatable bonds is 6. The lowest BCUT2D eigenvalue weighted by Gasteiger charge is -2.20. The molecule has 0 aliphatic rings. The van der Waals surface area contributed by atoms with E-state index >= 15 is 0 Å². The second-order valence-corrected chi connectivity index (χ2v) is 4.54. The number of nitrogens with one attached hydrogen (secondary N) is 1. The van der Waals surface area contributed by atoms with Crippen molar-refractivity contribution in [3.63, 3.8) is 0 Å². The summed E-state index contributed by atoms with van der Waals surface area (Å²) in [5.74, 6) is -3.35. The van der Waals surface area contributed by atoms with E-state index in [1.165, 1.54) is 0 Å². The van der Waals surface area contributed by atoms with Crippen molar-refractivity contribution in [2.75, 3.05) is 5.75 Å². The fourth-order valence-corrected chi connectivity index (χ4v) is 1.42. The predicted molar refractivity (Wildman–Crippen MR) is 57.5 cm³/mol. The van der Waals surface area contributed by atoms with Gasteiger partial charge >= 0.3 is 11.5 Å². The van der Waals surface area contributed by atoms with Crippen LogP contribution in [-0.2, 0) is 9.59 Å². The Morgan fingerprint density at radius 1 is 1.41 bits per heavy atom. The molecule has 1 amide bonds. The smallest absolute Gasteiger partial charge is 0.442 e. The van der Waals surface area contributed by atoms with Gasteiger partial charge in [0.25, 0.3) is 0 Å². The second kappa shape index (κ2) is 6.73. The van der Waals surface area contributed by atoms with Gasteiger partial charge in [-0.1, -0.05) is 20.3 Å². The molecule has 0 heterocycles. The van der Waals surface area contributed by atoms with Gasteiger partial charge in [0, 0.05) is 0 Å². The fourth-order valence-electron chi connectivity index (χ4n) is 1.05. The van der Waals surface area contributed by atoms with E-state index in [2.05, 4.69) is 5.32 Å². The molecule has 0 spiro atoms. The van der Waals surface area contributed by atoms with Crippen LogP contribution in [0.2, 0.25) is 0 Å². The third-order valence-electron chi connectivity index (χ3n) is 2.16. The lowest BCUT2D eigenvalue weighted by Crippen LogP contribution is -2.45. The molecule has 0 bridgehead atoms. The van der Waals surface area contributed by atoms with Gasteiger partial charge in [-0.15, -0.1) is 0 Å². The number of carboxylic acid groups (broad SMARTS) is 1. The highest BCUT2D eigenvalue weighted by Crippen LogP contribution is 2.29. The highest BCUT2D eigenvalue weighted by Gasteiger charge is 2.31. The van der Waals surface area contributed by atoms with Crippen molar-refractivity contribution in [3.05, 3.63) is 0 Å². The van der Waals surface area contributed by atoms with Crippen LogP contribution in [0.15, 0.2) is 0 Å². The molecule has 0 rings (SSSR count). The average molecular weight is 273 g/mol. The Morgan fingerprint density at radius 2 is 1.94 bits per heavy atom. The van der Waals surface area contributed by atoms with Crippen molar-refractivity contribution in [2.45, 2.75) is 31.8 Å². The van der Waals surface area contributed by atoms with Crippen molar-refractivity contribution in [2.24, 2.45) is 5.92 Å². The second-order valence-electron chi connectivity index (χ2n) is 3.50. The van der Waals surface area contributed by atoms with Gasteiger partial charge in [-0.3, -0.25) is 4.79 Å². The number of amides is 1. The molecule has 0 saturated heterocycles. The molecule has 100 valence electrons. The Labute approximate surface area is 101 Å². The molecule has 4 nitrogen and oxygen atoms in total. The molecular formula is C9H14F3NO3S. The van der Waals surface area contributed by atoms with E-state index in [4.69, 9.17) is 5.11 Å². The molecule has 0 aromatic rings. The summed E-state index contributed by atoms with van der Waals surface area (Å²) in [7, 11) is 0. The molecule has 8 heteroatoms. The van der Waals surface area contributed by atoms with Crippen molar-refractivity contribution < 1.29 is 27.9 Å². The number of aliphatic carboxylic acids is 1. The lowest BCUT2D eigenvalue weighted by molar-refractivity contribution is -0.143. The molecule has 0 aromatic heterocycles. The Balaban J connectivity index is 4.28. The molecule has 2 atom stereocenters. The molecule has 0 aromatic carbocycles. The molecule has 0 radical (unpaired) electrons. The zero-order valence-corrected chi connectivity index (χ0v) is 10.2. The number of alkyl halides is 3. The minimum absolute atomic E-state index is 0.340. The zero-order valence-electron chi connectivity index (χ0n) is 9.37. The van der Waals surface area contributed by atoms with Crippen molar-refractivity contribution in [1.82, 2.24) is 5.32 Å². The van der Waals surface area contributed by atoms with Crippen LogP contribution < -0.4 is 5.32 Å². The van der Waals surface area contributed by atoms with E-state index in [0.29, 0.717) is 6.42 Å². The van der Waals surface area contributed by atoms with Crippen LogP contribution in [-0.4, -0.2) is 34.3 Å². The van der Waals surface area contributed by atoms with Crippen LogP contribution in [0.25, 0.3) is 0 Å². The summed E-state index contributed by atoms with van der Waals surface area (Å²) in [6.45, 7) is 3.34. The van der Waals surface area contributed by atoms with E-state index in [1.807, 2.05) is 0 Å². The first kappa shape index (κ1) is 16.1. The molecule has 2 N–H and O–H groups in total. The van der Waals surface area contributed by atoms with E-state index in [1.54, 1.807) is 13.8 Å². The van der Waals surface area contributed by atoms with Crippen LogP contribution in [0.1, 0.15) is 20.3 Å². The summed E-state index contributed by atoms with van der Waals surface area (Å²) in [6.07, 6.45) is 0.504. The highest BCUT2D eigenvalue weighted by molar-refractivity contribution is 8.00. The van der Waals surface area contributed by atoms with Gasteiger partial charge < -0.3 is 10.4 Å². The summed E-state index contributed by atoms with van der Waals surface area (Å²) >= 11 is -0.490. The van der Waals surface area contributed by atoms with E-state index in [-0.39, 0.29) is 5.92 Å². The summed E-state index contributed by atoms with van der Waals surface area (Å²) in [5.41, 5.74) is -4.49. The number of halogens is 3. The van der Waals surface area contributed by atoms with Crippen LogP contribution >= 0.6 is 11.8 Å². The molecule has 2 unspecified atom stereocenters. The zero-order chi connectivity index (χ0) is 13.6. The first-order valence-corrected chi connectivity index (χ1v) is 5.88. The Kier molecular flexibility index (Phi) is 6.36. The molecule has 0 aliphatic carbocycles. The minimum Gasteiger partial charge on any atom is -0.480 e. The van der Waals surface area contributed by atoms with Crippen LogP contribution in [0, 0.1) is 5.92 Å². The number of carbonyl (C=O) groups is 2. The quantitative estimate of drug-likeness (QED) is 0.775. The summed E-state index contributed by atoms with van der Waals surface area (Å²) in [6, 6.07) is -1.15. The molecular weight excluding hydrogens is 259 g/mol. The van der Waals surface area contributed by atoms with Crippen molar-refractivity contribution >= 4 is 23.6 Å². The molecule has 17 heavy (non-hydrogen) atoms. The predicted octanol–water partition coefficient (Wildman–Crippen LogP) is 1.85. The fraction of sp³-hybridized carbons (Fsp3) is 0.778. The third kappa shape index (κ3) is 7.09. The summed E-state index contributed by atoms with van der Waals surface area (Å²) in [4.78, 5) is 21.9. The maximum absolute atomic E-state index is 11.8. The Bertz CT molecular complexity index is 283. The summed E-state index contributed by atoms with van der Waals surface area (Å²) < 4.78 is 35.4. The monoisotopic (exact) mass is 273 g/mol. The first-order chi connectivity index (χ1) is 7.67. The Morgan fingerprint density at radius 3 is 2.29 bits per heavy atom. The largest absolute Gasteiger partial charge is 0.480 e. The maximum atomic E-state index is 11.8. The van der Waals surface area contributed by atoms with Crippen LogP contribution in [0.5, 0.6) is 0 Å². The van der Waals surface area contributed by atoms with Gasteiger partial charge in [0.05, 0.1) is 5.75 Å². The number of thioether (sulfide) groups is 1. The van der Waals surface area contributed by atoms with Gasteiger partial charge in [-0.25, -0.2) is 4.79 Å². The maximum Gasteiger partial charge on any atom is 0.442 e. The third-order valence-corrected chi connectivity index (χ3v) is 2.90. The average Bonchev–Trinajstić information content (AvgIpc) is 2.20. The number of carboxylic acids is 1. The number of carbonyl (C=O) groups excluding carboxylic acids is 1. The molecule has 0 fully saturated rings. The van der Waals surface area contributed by atoms with Crippen LogP contribution in [0.3, 0.4) is 0 Å². The lowest BCUT2D eigenvalue weighted by atomic mass is 9.99. The standard InChI is InChI=1S/C9H14F3NO3S/c1-3-5(2)7(8(15)16)13-6(14)4-17-9(10,11)12/h5,7H,3-4H2,1-2H3,(H,13,14)(H,15,16). The number of hydrogen-bond acceptors (Lipinski definition) is 3. The molecule has 0 aliphatic heterocycles. The Hall–Kier alpha value is -0.920. The SMILES string of the molecule is CCC(C)C(NC(=O)CSC(F)(F)F)C(=O)O. The number of hydrogen-bond donors (Lipinski definition) is 2. The normalized spacial score (nSPS) is 15.1. The van der Waals surface area contributed by atoms with Crippen molar-refractivity contribution in [3.8, 4) is 0 Å². The van der Waals surface area contributed by atoms with E-state index in [0.717, 1.165) is 0 Å². The van der Waals surface area contributed by atoms with Crippen LogP contribution in [0.4, 0.5) is 13.2 Å². The highest BCUT2D eigenvalue weighted by atomic mass is 32.2. The van der Waals surface area contributed by atoms with Gasteiger partial charge in [-0.2, -0.15) is 13.2 Å². The van der Waals surface area contributed by atoms with Gasteiger partial charge in [0.15, 0.2) is 0 Å². The molecule has 0 saturated carbocycles. The van der Waals surface area contributed by atoms with E-state index in [9.17, 15) is 22.8 Å². The summed E-state index contributed by atoms with van der Waals surface area (Å²) in [5, 5.41) is 10.9. The van der Waals surface area contributed by atoms with Gasteiger partial charge in [0.2, 0.25) is 5.91 Å². The van der Waals surface area contributed by atoms with Crippen molar-refractivity contribution in [1.29, 1.82) is 0 Å². The van der Waals surface area contributed by atoms with Gasteiger partial charge in [0.1, 0.15) is 6.04 Å². The topological polar surface area (TPSA) is 66.4 Å². The first-order valence-electron chi connectivity index (χ1n) is 4.90.